The van der Waals surface area contributed by atoms with Gasteiger partial charge in [-0.1, -0.05) is 25.1 Å². The molecule has 1 saturated heterocycles. The highest BCUT2D eigenvalue weighted by atomic mass is 32.1. The summed E-state index contributed by atoms with van der Waals surface area (Å²) in [7, 11) is 0. The van der Waals surface area contributed by atoms with Crippen LogP contribution in [0.2, 0.25) is 0 Å². The highest BCUT2D eigenvalue weighted by Gasteiger charge is 2.22. The van der Waals surface area contributed by atoms with E-state index in [1.54, 1.807) is 11.3 Å². The molecule has 0 saturated carbocycles. The van der Waals surface area contributed by atoms with Crippen LogP contribution in [0.3, 0.4) is 0 Å². The third-order valence-electron chi connectivity index (χ3n) is 6.17. The number of thiophene rings is 1. The lowest BCUT2D eigenvalue weighted by Gasteiger charge is -2.33. The van der Waals surface area contributed by atoms with E-state index in [0.717, 1.165) is 45.6 Å². The lowest BCUT2D eigenvalue weighted by molar-refractivity contribution is -0.900. The maximum absolute atomic E-state index is 12.4. The van der Waals surface area contributed by atoms with Gasteiger partial charge in [0.2, 0.25) is 5.91 Å². The van der Waals surface area contributed by atoms with Crippen molar-refractivity contribution in [3.63, 3.8) is 0 Å². The molecule has 0 unspecified atom stereocenters. The van der Waals surface area contributed by atoms with E-state index in [0.29, 0.717) is 17.2 Å². The Morgan fingerprint density at radius 3 is 2.70 bits per heavy atom. The number of quaternary nitrogens is 1. The number of carbonyl (C=O) groups is 2. The molecule has 2 amide bonds. The van der Waals surface area contributed by atoms with Gasteiger partial charge in [-0.05, 0) is 48.9 Å². The number of benzene rings is 1. The minimum absolute atomic E-state index is 0.128. The minimum Gasteiger partial charge on any atom is -0.360 e. The molecule has 4 rings (SSSR count). The Balaban J connectivity index is 1.16. The van der Waals surface area contributed by atoms with Crippen LogP contribution in [-0.4, -0.2) is 44.5 Å². The standard InChI is InChI=1S/C23H30N4O2S/c1-17-7-8-20-18(15-17)16-21(30-20)23(29)25-24-22(28)9-10-26-11-13-27(14-12-26)19-5-3-2-4-6-19/h2-6,16-17H,7-15H2,1H3,(H,24,28)(H,25,29)/p+1/t17-/m1/s1. The van der Waals surface area contributed by atoms with E-state index in [1.807, 2.05) is 12.1 Å². The molecule has 2 aromatic rings. The van der Waals surface area contributed by atoms with E-state index >= 15 is 0 Å². The predicted molar refractivity (Wildman–Crippen MR) is 120 cm³/mol. The zero-order valence-electron chi connectivity index (χ0n) is 17.6. The first-order valence-electron chi connectivity index (χ1n) is 10.9. The number of hydrogen-bond donors (Lipinski definition) is 3. The van der Waals surface area contributed by atoms with Crippen molar-refractivity contribution < 1.29 is 14.5 Å². The zero-order chi connectivity index (χ0) is 20.9. The molecule has 6 nitrogen and oxygen atoms in total. The Hall–Kier alpha value is -2.38. The van der Waals surface area contributed by atoms with Crippen LogP contribution < -0.4 is 20.7 Å². The first-order valence-corrected chi connectivity index (χ1v) is 11.7. The number of amides is 2. The van der Waals surface area contributed by atoms with Crippen LogP contribution in [0.4, 0.5) is 5.69 Å². The van der Waals surface area contributed by atoms with E-state index in [4.69, 9.17) is 0 Å². The molecule has 2 heterocycles. The summed E-state index contributed by atoms with van der Waals surface area (Å²) in [6, 6.07) is 12.5. The molecule has 7 heteroatoms. The molecule has 0 spiro atoms. The van der Waals surface area contributed by atoms with Gasteiger partial charge in [-0.3, -0.25) is 20.4 Å². The van der Waals surface area contributed by atoms with Crippen molar-refractivity contribution in [3.05, 3.63) is 51.7 Å². The number of hydrazine groups is 1. The molecule has 1 atom stereocenters. The highest BCUT2D eigenvalue weighted by Crippen LogP contribution is 2.32. The number of piperazine rings is 1. The van der Waals surface area contributed by atoms with Gasteiger partial charge in [0.15, 0.2) is 0 Å². The summed E-state index contributed by atoms with van der Waals surface area (Å²) in [5, 5.41) is 0. The van der Waals surface area contributed by atoms with Crippen molar-refractivity contribution in [2.24, 2.45) is 5.92 Å². The third kappa shape index (κ3) is 5.21. The average Bonchev–Trinajstić information content (AvgIpc) is 3.20. The minimum atomic E-state index is -0.209. The number of aryl methyl sites for hydroxylation is 1. The molecular weight excluding hydrogens is 396 g/mol. The van der Waals surface area contributed by atoms with Crippen molar-refractivity contribution in [3.8, 4) is 0 Å². The molecule has 1 aliphatic heterocycles. The molecular formula is C23H31N4O2S+. The van der Waals surface area contributed by atoms with Crippen molar-refractivity contribution >= 4 is 28.8 Å². The quantitative estimate of drug-likeness (QED) is 0.633. The Morgan fingerprint density at radius 2 is 1.93 bits per heavy atom. The molecule has 1 fully saturated rings. The van der Waals surface area contributed by atoms with E-state index in [2.05, 4.69) is 46.9 Å². The number of nitrogens with zero attached hydrogens (tertiary/aromatic N) is 1. The van der Waals surface area contributed by atoms with Crippen molar-refractivity contribution in [1.29, 1.82) is 0 Å². The molecule has 3 N–H and O–H groups in total. The fourth-order valence-corrected chi connectivity index (χ4v) is 5.43. The lowest BCUT2D eigenvalue weighted by atomic mass is 9.90. The maximum atomic E-state index is 12.4. The summed E-state index contributed by atoms with van der Waals surface area (Å²) in [4.78, 5) is 30.4. The summed E-state index contributed by atoms with van der Waals surface area (Å²) >= 11 is 1.56. The van der Waals surface area contributed by atoms with Gasteiger partial charge in [0.25, 0.3) is 5.91 Å². The fourth-order valence-electron chi connectivity index (χ4n) is 4.33. The summed E-state index contributed by atoms with van der Waals surface area (Å²) in [6.45, 7) is 7.08. The van der Waals surface area contributed by atoms with Crippen molar-refractivity contribution in [2.75, 3.05) is 37.6 Å². The number of hydrogen-bond acceptors (Lipinski definition) is 4. The maximum Gasteiger partial charge on any atom is 0.279 e. The van der Waals surface area contributed by atoms with E-state index in [-0.39, 0.29) is 11.8 Å². The molecule has 30 heavy (non-hydrogen) atoms. The Labute approximate surface area is 182 Å². The second kappa shape index (κ2) is 9.62. The molecule has 2 aliphatic rings. The Kier molecular flexibility index (Phi) is 6.69. The van der Waals surface area contributed by atoms with Crippen LogP contribution in [0, 0.1) is 5.92 Å². The number of rotatable bonds is 5. The predicted octanol–water partition coefficient (Wildman–Crippen LogP) is 1.43. The van der Waals surface area contributed by atoms with E-state index in [9.17, 15) is 9.59 Å². The van der Waals surface area contributed by atoms with Gasteiger partial charge in [-0.25, -0.2) is 0 Å². The summed E-state index contributed by atoms with van der Waals surface area (Å²) in [5.74, 6) is 0.343. The topological polar surface area (TPSA) is 65.9 Å². The largest absolute Gasteiger partial charge is 0.360 e. The monoisotopic (exact) mass is 427 g/mol. The van der Waals surface area contributed by atoms with Gasteiger partial charge in [0.1, 0.15) is 0 Å². The zero-order valence-corrected chi connectivity index (χ0v) is 18.4. The van der Waals surface area contributed by atoms with Gasteiger partial charge < -0.3 is 9.80 Å². The average molecular weight is 428 g/mol. The smallest absolute Gasteiger partial charge is 0.279 e. The first kappa shape index (κ1) is 20.9. The van der Waals surface area contributed by atoms with Crippen molar-refractivity contribution in [1.82, 2.24) is 10.9 Å². The van der Waals surface area contributed by atoms with Crippen LogP contribution in [-0.2, 0) is 17.6 Å². The van der Waals surface area contributed by atoms with Gasteiger partial charge in [0.05, 0.1) is 44.0 Å². The molecule has 160 valence electrons. The SMILES string of the molecule is C[C@@H]1CCc2sc(C(=O)NNC(=O)CC[NH+]3CCN(c4ccccc4)CC3)cc2C1. The van der Waals surface area contributed by atoms with Crippen LogP contribution in [0.1, 0.15) is 39.9 Å². The molecule has 0 bridgehead atoms. The van der Waals surface area contributed by atoms with Crippen LogP contribution in [0.5, 0.6) is 0 Å². The lowest BCUT2D eigenvalue weighted by Crippen LogP contribution is -3.15. The third-order valence-corrected chi connectivity index (χ3v) is 7.40. The summed E-state index contributed by atoms with van der Waals surface area (Å²) < 4.78 is 0. The molecule has 0 radical (unpaired) electrons. The van der Waals surface area contributed by atoms with Gasteiger partial charge >= 0.3 is 0 Å². The van der Waals surface area contributed by atoms with Crippen molar-refractivity contribution in [2.45, 2.75) is 32.6 Å². The van der Waals surface area contributed by atoms with Crippen LogP contribution in [0.15, 0.2) is 36.4 Å². The van der Waals surface area contributed by atoms with Gasteiger partial charge in [-0.15, -0.1) is 11.3 Å². The van der Waals surface area contributed by atoms with Crippen LogP contribution in [0.25, 0.3) is 0 Å². The van der Waals surface area contributed by atoms with Gasteiger partial charge in [0, 0.05) is 10.6 Å². The number of fused-ring (bicyclic) bond motifs is 1. The van der Waals surface area contributed by atoms with E-state index in [1.165, 1.54) is 27.4 Å². The normalized spacial score (nSPS) is 19.2. The molecule has 1 aromatic heterocycles. The summed E-state index contributed by atoms with van der Waals surface area (Å²) in [5.41, 5.74) is 7.74. The highest BCUT2D eigenvalue weighted by molar-refractivity contribution is 7.14. The number of anilines is 1. The Bertz CT molecular complexity index is 875. The number of para-hydroxylation sites is 1. The second-order valence-electron chi connectivity index (χ2n) is 8.48. The second-order valence-corrected chi connectivity index (χ2v) is 9.62. The molecule has 1 aromatic carbocycles. The number of nitrogens with one attached hydrogen (secondary N) is 3. The van der Waals surface area contributed by atoms with Gasteiger partial charge in [-0.2, -0.15) is 0 Å². The fraction of sp³-hybridized carbons (Fsp3) is 0.478. The first-order chi connectivity index (χ1) is 14.6. The Morgan fingerprint density at radius 1 is 1.17 bits per heavy atom. The molecule has 1 aliphatic carbocycles. The van der Waals surface area contributed by atoms with Crippen LogP contribution >= 0.6 is 11.3 Å². The summed E-state index contributed by atoms with van der Waals surface area (Å²) in [6.07, 6.45) is 3.71. The number of carbonyl (C=O) groups excluding carboxylic acids is 2. The van der Waals surface area contributed by atoms with E-state index < -0.39 is 0 Å².